The van der Waals surface area contributed by atoms with Crippen molar-refractivity contribution in [2.24, 2.45) is 11.5 Å². The molecule has 0 aliphatic heterocycles. The minimum absolute atomic E-state index is 0.353. The second-order valence-corrected chi connectivity index (χ2v) is 6.90. The summed E-state index contributed by atoms with van der Waals surface area (Å²) in [5.74, 6) is 1.50. The van der Waals surface area contributed by atoms with Gasteiger partial charge >= 0.3 is 0 Å². The first-order valence-electron chi connectivity index (χ1n) is 9.78. The van der Waals surface area contributed by atoms with Gasteiger partial charge in [-0.05, 0) is 59.0 Å². The Bertz CT molecular complexity index is 1060. The molecule has 0 spiro atoms. The fourth-order valence-corrected chi connectivity index (χ4v) is 3.24. The van der Waals surface area contributed by atoms with E-state index in [0.29, 0.717) is 19.7 Å². The third-order valence-corrected chi connectivity index (χ3v) is 4.84. The number of hydrogen-bond acceptors (Lipinski definition) is 4. The molecule has 0 atom stereocenters. The molecule has 0 radical (unpaired) electrons. The van der Waals surface area contributed by atoms with Gasteiger partial charge in [-0.3, -0.25) is 0 Å². The van der Waals surface area contributed by atoms with Gasteiger partial charge in [-0.15, -0.1) is 0 Å². The molecule has 0 saturated heterocycles. The van der Waals surface area contributed by atoms with E-state index in [1.54, 1.807) is 6.08 Å². The summed E-state index contributed by atoms with van der Waals surface area (Å²) in [5.41, 5.74) is 17.6. The number of allylic oxidation sites excluding steroid dienone is 3. The van der Waals surface area contributed by atoms with Gasteiger partial charge in [0.05, 0.1) is 6.54 Å². The first-order chi connectivity index (χ1) is 14.1. The van der Waals surface area contributed by atoms with Crippen molar-refractivity contribution in [1.82, 2.24) is 0 Å². The number of furan rings is 1. The highest BCUT2D eigenvalue weighted by atomic mass is 16.5. The third kappa shape index (κ3) is 4.67. The monoisotopic (exact) mass is 388 g/mol. The van der Waals surface area contributed by atoms with E-state index in [9.17, 15) is 0 Å². The molecule has 1 heterocycles. The normalized spacial score (nSPS) is 11.6. The zero-order valence-corrected chi connectivity index (χ0v) is 16.9. The molecule has 4 N–H and O–H groups in total. The average molecular weight is 389 g/mol. The van der Waals surface area contributed by atoms with Crippen molar-refractivity contribution in [3.63, 3.8) is 0 Å². The Labute approximate surface area is 172 Å². The van der Waals surface area contributed by atoms with Gasteiger partial charge < -0.3 is 20.6 Å². The Balaban J connectivity index is 2.03. The molecule has 0 saturated carbocycles. The molecule has 0 fully saturated rings. The first kappa shape index (κ1) is 20.6. The van der Waals surface area contributed by atoms with Crippen LogP contribution in [0.15, 0.2) is 83.5 Å². The minimum Gasteiger partial charge on any atom is -0.489 e. The molecule has 29 heavy (non-hydrogen) atoms. The van der Waals surface area contributed by atoms with Crippen LogP contribution in [-0.4, -0.2) is 0 Å². The van der Waals surface area contributed by atoms with Crippen molar-refractivity contribution in [2.75, 3.05) is 0 Å². The summed E-state index contributed by atoms with van der Waals surface area (Å²) in [4.78, 5) is 0. The van der Waals surface area contributed by atoms with Gasteiger partial charge in [0.1, 0.15) is 23.7 Å². The molecule has 3 rings (SSSR count). The lowest BCUT2D eigenvalue weighted by Crippen LogP contribution is -1.98. The molecule has 0 aliphatic carbocycles. The maximum Gasteiger partial charge on any atom is 0.142 e. The van der Waals surface area contributed by atoms with Crippen molar-refractivity contribution in [3.8, 4) is 11.1 Å². The van der Waals surface area contributed by atoms with Crippen molar-refractivity contribution >= 4 is 11.0 Å². The Hall–Kier alpha value is -3.08. The summed E-state index contributed by atoms with van der Waals surface area (Å²) >= 11 is 0. The largest absolute Gasteiger partial charge is 0.489 e. The molecule has 2 aromatic carbocycles. The summed E-state index contributed by atoms with van der Waals surface area (Å²) < 4.78 is 12.1. The van der Waals surface area contributed by atoms with Crippen LogP contribution in [0.3, 0.4) is 0 Å². The summed E-state index contributed by atoms with van der Waals surface area (Å²) in [6, 6.07) is 14.3. The summed E-state index contributed by atoms with van der Waals surface area (Å²) in [6.45, 7) is 11.1. The van der Waals surface area contributed by atoms with Gasteiger partial charge in [0.25, 0.3) is 0 Å². The highest BCUT2D eigenvalue weighted by Gasteiger charge is 2.13. The topological polar surface area (TPSA) is 74.4 Å². The van der Waals surface area contributed by atoms with E-state index < -0.39 is 0 Å². The number of hydrogen-bond donors (Lipinski definition) is 2. The van der Waals surface area contributed by atoms with Gasteiger partial charge in [0, 0.05) is 17.5 Å². The SMILES string of the molecule is C=C/C=C(/OCc1cc(-c2cccc(CN)c2)c2oc(CN)cc2c1)C(=C)CC. The fraction of sp³-hybridized carbons (Fsp3) is 0.200. The zero-order chi connectivity index (χ0) is 20.8. The van der Waals surface area contributed by atoms with E-state index in [1.807, 2.05) is 24.3 Å². The van der Waals surface area contributed by atoms with E-state index in [-0.39, 0.29) is 0 Å². The van der Waals surface area contributed by atoms with Crippen LogP contribution in [0, 0.1) is 0 Å². The number of fused-ring (bicyclic) bond motifs is 1. The van der Waals surface area contributed by atoms with Crippen LogP contribution in [0.25, 0.3) is 22.1 Å². The van der Waals surface area contributed by atoms with Gasteiger partial charge in [0.15, 0.2) is 0 Å². The lowest BCUT2D eigenvalue weighted by atomic mass is 9.99. The molecule has 4 nitrogen and oxygen atoms in total. The van der Waals surface area contributed by atoms with E-state index in [4.69, 9.17) is 20.6 Å². The molecule has 4 heteroatoms. The maximum absolute atomic E-state index is 6.05. The van der Waals surface area contributed by atoms with Gasteiger partial charge in [0.2, 0.25) is 0 Å². The van der Waals surface area contributed by atoms with Crippen LogP contribution in [0.4, 0.5) is 0 Å². The molecular weight excluding hydrogens is 360 g/mol. The van der Waals surface area contributed by atoms with Gasteiger partial charge in [-0.2, -0.15) is 0 Å². The molecular formula is C25H28N2O2. The van der Waals surface area contributed by atoms with Gasteiger partial charge in [-0.25, -0.2) is 0 Å². The lowest BCUT2D eigenvalue weighted by Gasteiger charge is -2.13. The predicted octanol–water partition coefficient (Wildman–Crippen LogP) is 5.57. The second kappa shape index (κ2) is 9.41. The van der Waals surface area contributed by atoms with E-state index >= 15 is 0 Å². The summed E-state index contributed by atoms with van der Waals surface area (Å²) in [7, 11) is 0. The number of benzene rings is 2. The summed E-state index contributed by atoms with van der Waals surface area (Å²) in [6.07, 6.45) is 4.38. The van der Waals surface area contributed by atoms with E-state index in [1.165, 1.54) is 0 Å². The minimum atomic E-state index is 0.353. The third-order valence-electron chi connectivity index (χ3n) is 4.84. The molecule has 3 aromatic rings. The quantitative estimate of drug-likeness (QED) is 0.371. The van der Waals surface area contributed by atoms with Crippen molar-refractivity contribution < 1.29 is 9.15 Å². The number of ether oxygens (including phenoxy) is 1. The second-order valence-electron chi connectivity index (χ2n) is 6.90. The highest BCUT2D eigenvalue weighted by molar-refractivity contribution is 5.93. The Morgan fingerprint density at radius 3 is 2.62 bits per heavy atom. The molecule has 0 aliphatic rings. The van der Waals surface area contributed by atoms with Crippen LogP contribution in [-0.2, 0) is 24.4 Å². The zero-order valence-electron chi connectivity index (χ0n) is 16.9. The molecule has 0 bridgehead atoms. The molecule has 150 valence electrons. The Morgan fingerprint density at radius 1 is 1.10 bits per heavy atom. The maximum atomic E-state index is 6.05. The van der Waals surface area contributed by atoms with Crippen LogP contribution in [0.1, 0.15) is 30.2 Å². The average Bonchev–Trinajstić information content (AvgIpc) is 3.18. The molecule has 0 unspecified atom stereocenters. The van der Waals surface area contributed by atoms with Crippen LogP contribution >= 0.6 is 0 Å². The standard InChI is InChI=1S/C25H28N2O2/c1-4-7-24(17(3)5-2)28-16-19-11-21-13-22(15-27)29-25(21)23(12-19)20-9-6-8-18(10-20)14-26/h4,6-13H,1,3,5,14-16,26-27H2,2H3/b24-7+. The smallest absolute Gasteiger partial charge is 0.142 e. The van der Waals surface area contributed by atoms with Gasteiger partial charge in [-0.1, -0.05) is 44.4 Å². The number of rotatable bonds is 9. The molecule has 0 amide bonds. The highest BCUT2D eigenvalue weighted by Crippen LogP contribution is 2.33. The van der Waals surface area contributed by atoms with Crippen molar-refractivity contribution in [1.29, 1.82) is 0 Å². The van der Waals surface area contributed by atoms with Crippen molar-refractivity contribution in [3.05, 3.63) is 96.0 Å². The Kier molecular flexibility index (Phi) is 6.70. The first-order valence-corrected chi connectivity index (χ1v) is 9.78. The van der Waals surface area contributed by atoms with Crippen LogP contribution in [0.2, 0.25) is 0 Å². The van der Waals surface area contributed by atoms with Crippen LogP contribution < -0.4 is 11.5 Å². The fourth-order valence-electron chi connectivity index (χ4n) is 3.24. The molecule has 1 aromatic heterocycles. The van der Waals surface area contributed by atoms with Crippen LogP contribution in [0.5, 0.6) is 0 Å². The van der Waals surface area contributed by atoms with E-state index in [2.05, 4.69) is 44.3 Å². The summed E-state index contributed by atoms with van der Waals surface area (Å²) in [5, 5.41) is 1.00. The lowest BCUT2D eigenvalue weighted by molar-refractivity contribution is 0.206. The van der Waals surface area contributed by atoms with E-state index in [0.717, 1.165) is 56.7 Å². The predicted molar refractivity (Wildman–Crippen MR) is 120 cm³/mol. The van der Waals surface area contributed by atoms with Crippen molar-refractivity contribution in [2.45, 2.75) is 33.0 Å². The Morgan fingerprint density at radius 2 is 1.93 bits per heavy atom. The number of nitrogens with two attached hydrogens (primary N) is 2.